The van der Waals surface area contributed by atoms with Crippen LogP contribution < -0.4 is 5.32 Å². The van der Waals surface area contributed by atoms with Crippen LogP contribution in [0.5, 0.6) is 0 Å². The highest BCUT2D eigenvalue weighted by Crippen LogP contribution is 2.13. The highest BCUT2D eigenvalue weighted by molar-refractivity contribution is 7.99. The van der Waals surface area contributed by atoms with Crippen LogP contribution >= 0.6 is 11.8 Å². The number of hydrogen-bond donors (Lipinski definition) is 2. The van der Waals surface area contributed by atoms with Gasteiger partial charge in [0.2, 0.25) is 5.91 Å². The van der Waals surface area contributed by atoms with Crippen LogP contribution in [0.2, 0.25) is 0 Å². The van der Waals surface area contributed by atoms with Crippen molar-refractivity contribution in [2.75, 3.05) is 25.4 Å². The van der Waals surface area contributed by atoms with Crippen molar-refractivity contribution in [3.05, 3.63) is 12.2 Å². The third-order valence-electron chi connectivity index (χ3n) is 3.82. The molecule has 1 amide bonds. The Balaban J connectivity index is 1.43. The van der Waals surface area contributed by atoms with Gasteiger partial charge in [0, 0.05) is 25.4 Å². The van der Waals surface area contributed by atoms with Gasteiger partial charge in [0.1, 0.15) is 12.9 Å². The van der Waals surface area contributed by atoms with Crippen LogP contribution in [-0.4, -0.2) is 83.8 Å². The van der Waals surface area contributed by atoms with Gasteiger partial charge in [-0.25, -0.2) is 9.67 Å². The molecule has 2 aromatic rings. The molecule has 12 heteroatoms. The molecule has 142 valence electrons. The molecule has 3 rings (SSSR count). The first-order chi connectivity index (χ1) is 12.6. The standard InChI is InChI=1S/C14H23N9O2S/c1-10-5-22(6-11(2)25-10)7-12-18-20-21-23(12)8-13(24)15-3-4-26-14-16-9-17-19-14/h9-11H,3-8H2,1-2H3,(H,15,24)(H,16,17,19)/t10-,11+. The molecule has 1 aliphatic rings. The number of tetrazole rings is 1. The van der Waals surface area contributed by atoms with Gasteiger partial charge in [-0.05, 0) is 24.3 Å². The molecule has 0 saturated carbocycles. The number of thioether (sulfide) groups is 1. The molecule has 0 aliphatic carbocycles. The predicted molar refractivity (Wildman–Crippen MR) is 93.2 cm³/mol. The molecule has 0 aromatic carbocycles. The summed E-state index contributed by atoms with van der Waals surface area (Å²) in [6, 6.07) is 0. The van der Waals surface area contributed by atoms with Crippen LogP contribution in [0.3, 0.4) is 0 Å². The van der Waals surface area contributed by atoms with E-state index in [-0.39, 0.29) is 24.7 Å². The van der Waals surface area contributed by atoms with Crippen LogP contribution in [0, 0.1) is 0 Å². The molecular formula is C14H23N9O2S. The molecule has 0 unspecified atom stereocenters. The maximum absolute atomic E-state index is 12.1. The average Bonchev–Trinajstić information content (AvgIpc) is 3.23. The second-order valence-corrected chi connectivity index (χ2v) is 7.28. The summed E-state index contributed by atoms with van der Waals surface area (Å²) in [5.74, 6) is 1.25. The molecule has 0 spiro atoms. The molecule has 3 heterocycles. The van der Waals surface area contributed by atoms with Crippen molar-refractivity contribution >= 4 is 17.7 Å². The summed E-state index contributed by atoms with van der Waals surface area (Å²) in [5, 5.41) is 21.8. The summed E-state index contributed by atoms with van der Waals surface area (Å²) in [6.07, 6.45) is 1.80. The highest BCUT2D eigenvalue weighted by atomic mass is 32.2. The Bertz CT molecular complexity index is 682. The molecule has 1 fully saturated rings. The van der Waals surface area contributed by atoms with Crippen molar-refractivity contribution in [2.45, 2.75) is 44.3 Å². The van der Waals surface area contributed by atoms with E-state index in [1.165, 1.54) is 18.1 Å². The third-order valence-corrected chi connectivity index (χ3v) is 4.69. The number of nitrogens with one attached hydrogen (secondary N) is 2. The number of carbonyl (C=O) groups excluding carboxylic acids is 1. The van der Waals surface area contributed by atoms with E-state index in [0.717, 1.165) is 18.2 Å². The maximum Gasteiger partial charge on any atom is 0.241 e. The Morgan fingerprint density at radius 3 is 2.96 bits per heavy atom. The van der Waals surface area contributed by atoms with Gasteiger partial charge >= 0.3 is 0 Å². The number of amides is 1. The van der Waals surface area contributed by atoms with Gasteiger partial charge in [0.25, 0.3) is 0 Å². The van der Waals surface area contributed by atoms with Crippen molar-refractivity contribution in [3.8, 4) is 0 Å². The molecule has 2 atom stereocenters. The lowest BCUT2D eigenvalue weighted by molar-refractivity contribution is -0.121. The first kappa shape index (κ1) is 18.7. The Morgan fingerprint density at radius 2 is 2.23 bits per heavy atom. The number of nitrogens with zero attached hydrogens (tertiary/aromatic N) is 7. The Hall–Kier alpha value is -2.05. The van der Waals surface area contributed by atoms with E-state index >= 15 is 0 Å². The van der Waals surface area contributed by atoms with Crippen molar-refractivity contribution in [1.29, 1.82) is 0 Å². The minimum absolute atomic E-state index is 0.102. The summed E-state index contributed by atoms with van der Waals surface area (Å²) in [6.45, 7) is 6.97. The highest BCUT2D eigenvalue weighted by Gasteiger charge is 2.24. The van der Waals surface area contributed by atoms with Gasteiger partial charge in [-0.1, -0.05) is 11.8 Å². The molecule has 2 aromatic heterocycles. The maximum atomic E-state index is 12.1. The minimum Gasteiger partial charge on any atom is -0.373 e. The number of hydrogen-bond acceptors (Lipinski definition) is 9. The smallest absolute Gasteiger partial charge is 0.241 e. The number of aromatic nitrogens is 7. The zero-order valence-corrected chi connectivity index (χ0v) is 15.6. The van der Waals surface area contributed by atoms with Gasteiger partial charge in [-0.3, -0.25) is 14.8 Å². The SMILES string of the molecule is C[C@@H]1CN(Cc2nnnn2CC(=O)NCCSc2ncn[nH]2)C[C@H](C)O1. The van der Waals surface area contributed by atoms with E-state index < -0.39 is 0 Å². The van der Waals surface area contributed by atoms with Gasteiger partial charge in [0.15, 0.2) is 11.0 Å². The van der Waals surface area contributed by atoms with Gasteiger partial charge in [-0.15, -0.1) is 5.10 Å². The van der Waals surface area contributed by atoms with Crippen molar-refractivity contribution in [2.24, 2.45) is 0 Å². The molecule has 1 saturated heterocycles. The number of H-pyrrole nitrogens is 1. The zero-order valence-electron chi connectivity index (χ0n) is 14.8. The molecule has 2 N–H and O–H groups in total. The Morgan fingerprint density at radius 1 is 1.42 bits per heavy atom. The first-order valence-electron chi connectivity index (χ1n) is 8.48. The van der Waals surface area contributed by atoms with Crippen molar-refractivity contribution in [1.82, 2.24) is 45.6 Å². The minimum atomic E-state index is -0.125. The number of aromatic amines is 1. The van der Waals surface area contributed by atoms with Gasteiger partial charge < -0.3 is 10.1 Å². The van der Waals surface area contributed by atoms with Crippen LogP contribution in [0.25, 0.3) is 0 Å². The number of carbonyl (C=O) groups is 1. The largest absolute Gasteiger partial charge is 0.373 e. The normalized spacial score (nSPS) is 21.0. The zero-order chi connectivity index (χ0) is 18.4. The fraction of sp³-hybridized carbons (Fsp3) is 0.714. The molecule has 26 heavy (non-hydrogen) atoms. The van der Waals surface area contributed by atoms with E-state index in [1.54, 1.807) is 4.68 Å². The second kappa shape index (κ2) is 9.05. The second-order valence-electron chi connectivity index (χ2n) is 6.19. The van der Waals surface area contributed by atoms with Crippen LogP contribution in [-0.2, 0) is 22.6 Å². The summed E-state index contributed by atoms with van der Waals surface area (Å²) in [7, 11) is 0. The van der Waals surface area contributed by atoms with E-state index in [0.29, 0.717) is 24.7 Å². The van der Waals surface area contributed by atoms with Gasteiger partial charge in [-0.2, -0.15) is 5.10 Å². The molecule has 11 nitrogen and oxygen atoms in total. The summed E-state index contributed by atoms with van der Waals surface area (Å²) < 4.78 is 7.28. The van der Waals surface area contributed by atoms with E-state index in [9.17, 15) is 4.79 Å². The summed E-state index contributed by atoms with van der Waals surface area (Å²) in [4.78, 5) is 18.4. The lowest BCUT2D eigenvalue weighted by Gasteiger charge is -2.34. The lowest BCUT2D eigenvalue weighted by atomic mass is 10.2. The monoisotopic (exact) mass is 381 g/mol. The molecule has 0 bridgehead atoms. The van der Waals surface area contributed by atoms with Crippen molar-refractivity contribution < 1.29 is 9.53 Å². The molecule has 1 aliphatic heterocycles. The predicted octanol–water partition coefficient (Wildman–Crippen LogP) is -0.691. The van der Waals surface area contributed by atoms with Crippen LogP contribution in [0.15, 0.2) is 11.5 Å². The van der Waals surface area contributed by atoms with E-state index in [1.807, 2.05) is 0 Å². The van der Waals surface area contributed by atoms with E-state index in [4.69, 9.17) is 4.74 Å². The summed E-state index contributed by atoms with van der Waals surface area (Å²) in [5.41, 5.74) is 0. The van der Waals surface area contributed by atoms with E-state index in [2.05, 4.69) is 54.8 Å². The van der Waals surface area contributed by atoms with Crippen LogP contribution in [0.1, 0.15) is 19.7 Å². The lowest BCUT2D eigenvalue weighted by Crippen LogP contribution is -2.45. The number of morpholine rings is 1. The van der Waals surface area contributed by atoms with Crippen molar-refractivity contribution in [3.63, 3.8) is 0 Å². The quantitative estimate of drug-likeness (QED) is 0.451. The first-order valence-corrected chi connectivity index (χ1v) is 9.46. The van der Waals surface area contributed by atoms with Gasteiger partial charge in [0.05, 0.1) is 18.8 Å². The fourth-order valence-electron chi connectivity index (χ4n) is 2.87. The molecular weight excluding hydrogens is 358 g/mol. The molecule has 0 radical (unpaired) electrons. The summed E-state index contributed by atoms with van der Waals surface area (Å²) >= 11 is 1.49. The average molecular weight is 381 g/mol. The topological polar surface area (TPSA) is 127 Å². The van der Waals surface area contributed by atoms with Crippen LogP contribution in [0.4, 0.5) is 0 Å². The third kappa shape index (κ3) is 5.47. The Kier molecular flexibility index (Phi) is 6.52. The number of rotatable bonds is 8. The Labute approximate surface area is 155 Å². The number of ether oxygens (including phenoxy) is 1. The fourth-order valence-corrected chi connectivity index (χ4v) is 3.50.